The summed E-state index contributed by atoms with van der Waals surface area (Å²) >= 11 is 0. The fourth-order valence-electron chi connectivity index (χ4n) is 2.32. The molecule has 2 saturated heterocycles. The number of piperidine rings is 1. The van der Waals surface area contributed by atoms with Crippen LogP contribution in [-0.2, 0) is 9.53 Å². The fraction of sp³-hybridized carbons (Fsp3) is 0.889. The van der Waals surface area contributed by atoms with Gasteiger partial charge in [-0.15, -0.1) is 0 Å². The number of carbonyl (C=O) groups is 1. The molecule has 0 aliphatic carbocycles. The molecule has 0 spiro atoms. The summed E-state index contributed by atoms with van der Waals surface area (Å²) in [5.74, 6) is -0.144. The highest BCUT2D eigenvalue weighted by atomic mass is 16.5. The summed E-state index contributed by atoms with van der Waals surface area (Å²) in [6.07, 6.45) is 4.85. The van der Waals surface area contributed by atoms with Gasteiger partial charge in [0.1, 0.15) is 6.10 Å². The van der Waals surface area contributed by atoms with Crippen LogP contribution < -0.4 is 5.32 Å². The van der Waals surface area contributed by atoms with Crippen LogP contribution in [0.2, 0.25) is 0 Å². The molecule has 2 heterocycles. The van der Waals surface area contributed by atoms with E-state index in [2.05, 4.69) is 5.32 Å². The first-order chi connectivity index (χ1) is 5.75. The quantitative estimate of drug-likeness (QED) is 0.591. The molecule has 0 amide bonds. The largest absolute Gasteiger partial charge is 0.461 e. The first-order valence-electron chi connectivity index (χ1n) is 4.69. The smallest absolute Gasteiger partial charge is 0.302 e. The molecule has 3 atom stereocenters. The third kappa shape index (κ3) is 1.46. The standard InChI is InChI=1S/C9H15NO2/c1-6(11)12-9-5-7-3-2-4-8(9)10-7/h7-10H,2-5H2,1H3/t7-,8+,9-/m0/s1. The molecular formula is C9H15NO2. The molecule has 0 aromatic carbocycles. The number of esters is 1. The second-order valence-electron chi connectivity index (χ2n) is 3.78. The minimum atomic E-state index is -0.144. The van der Waals surface area contributed by atoms with Crippen molar-refractivity contribution in [1.29, 1.82) is 0 Å². The Hall–Kier alpha value is -0.570. The molecule has 2 aliphatic rings. The van der Waals surface area contributed by atoms with Gasteiger partial charge in [-0.1, -0.05) is 6.42 Å². The average molecular weight is 169 g/mol. The fourth-order valence-corrected chi connectivity index (χ4v) is 2.32. The molecule has 2 fully saturated rings. The Morgan fingerprint density at radius 1 is 1.50 bits per heavy atom. The molecule has 0 radical (unpaired) electrons. The molecule has 3 nitrogen and oxygen atoms in total. The zero-order chi connectivity index (χ0) is 8.55. The van der Waals surface area contributed by atoms with Crippen LogP contribution in [0.25, 0.3) is 0 Å². The van der Waals surface area contributed by atoms with Crippen molar-refractivity contribution in [2.75, 3.05) is 0 Å². The van der Waals surface area contributed by atoms with E-state index in [1.54, 1.807) is 0 Å². The summed E-state index contributed by atoms with van der Waals surface area (Å²) in [5, 5.41) is 3.47. The van der Waals surface area contributed by atoms with E-state index in [4.69, 9.17) is 4.74 Å². The van der Waals surface area contributed by atoms with Gasteiger partial charge in [-0.25, -0.2) is 0 Å². The molecule has 12 heavy (non-hydrogen) atoms. The highest BCUT2D eigenvalue weighted by Gasteiger charge is 2.38. The van der Waals surface area contributed by atoms with Gasteiger partial charge < -0.3 is 10.1 Å². The zero-order valence-corrected chi connectivity index (χ0v) is 7.38. The molecule has 2 bridgehead atoms. The molecule has 1 N–H and O–H groups in total. The first-order valence-corrected chi connectivity index (χ1v) is 4.69. The number of nitrogens with one attached hydrogen (secondary N) is 1. The molecule has 0 aromatic heterocycles. The lowest BCUT2D eigenvalue weighted by Crippen LogP contribution is -2.38. The van der Waals surface area contributed by atoms with Gasteiger partial charge in [0.25, 0.3) is 0 Å². The summed E-state index contributed by atoms with van der Waals surface area (Å²) in [7, 11) is 0. The lowest BCUT2D eigenvalue weighted by Gasteiger charge is -2.22. The Balaban J connectivity index is 1.95. The van der Waals surface area contributed by atoms with Crippen LogP contribution in [0, 0.1) is 0 Å². The second kappa shape index (κ2) is 3.05. The normalized spacial score (nSPS) is 39.6. The van der Waals surface area contributed by atoms with E-state index >= 15 is 0 Å². The molecule has 0 unspecified atom stereocenters. The van der Waals surface area contributed by atoms with Crippen LogP contribution in [0.1, 0.15) is 32.6 Å². The van der Waals surface area contributed by atoms with E-state index in [0.29, 0.717) is 12.1 Å². The third-order valence-corrected chi connectivity index (χ3v) is 2.80. The number of hydrogen-bond donors (Lipinski definition) is 1. The van der Waals surface area contributed by atoms with Crippen LogP contribution in [0.3, 0.4) is 0 Å². The Morgan fingerprint density at radius 3 is 3.00 bits per heavy atom. The van der Waals surface area contributed by atoms with Gasteiger partial charge in [0.15, 0.2) is 0 Å². The van der Waals surface area contributed by atoms with Gasteiger partial charge in [0.2, 0.25) is 0 Å². The molecule has 3 heteroatoms. The SMILES string of the molecule is CC(=O)O[C@H]1C[C@@H]2CCC[C@H]1N2. The van der Waals surface area contributed by atoms with Gasteiger partial charge in [-0.3, -0.25) is 4.79 Å². The summed E-state index contributed by atoms with van der Waals surface area (Å²) in [4.78, 5) is 10.7. The van der Waals surface area contributed by atoms with Crippen molar-refractivity contribution in [2.24, 2.45) is 0 Å². The number of fused-ring (bicyclic) bond motifs is 2. The highest BCUT2D eigenvalue weighted by molar-refractivity contribution is 5.66. The van der Waals surface area contributed by atoms with Crippen molar-refractivity contribution < 1.29 is 9.53 Å². The zero-order valence-electron chi connectivity index (χ0n) is 7.38. The van der Waals surface area contributed by atoms with Crippen molar-refractivity contribution in [2.45, 2.75) is 50.8 Å². The molecule has 2 aliphatic heterocycles. The molecule has 68 valence electrons. The van der Waals surface area contributed by atoms with Crippen molar-refractivity contribution in [3.05, 3.63) is 0 Å². The maximum absolute atomic E-state index is 10.7. The maximum atomic E-state index is 10.7. The van der Waals surface area contributed by atoms with E-state index in [1.165, 1.54) is 19.8 Å². The molecular weight excluding hydrogens is 154 g/mol. The van der Waals surface area contributed by atoms with Gasteiger partial charge >= 0.3 is 5.97 Å². The van der Waals surface area contributed by atoms with Gasteiger partial charge in [-0.05, 0) is 12.8 Å². The van der Waals surface area contributed by atoms with Crippen LogP contribution in [0.4, 0.5) is 0 Å². The molecule has 0 aromatic rings. The van der Waals surface area contributed by atoms with E-state index in [0.717, 1.165) is 12.8 Å². The van der Waals surface area contributed by atoms with Crippen molar-refractivity contribution in [3.8, 4) is 0 Å². The van der Waals surface area contributed by atoms with Crippen molar-refractivity contribution in [1.82, 2.24) is 5.32 Å². The van der Waals surface area contributed by atoms with Crippen LogP contribution in [-0.4, -0.2) is 24.2 Å². The summed E-state index contributed by atoms with van der Waals surface area (Å²) in [6, 6.07) is 1.04. The number of hydrogen-bond acceptors (Lipinski definition) is 3. The van der Waals surface area contributed by atoms with Gasteiger partial charge in [0.05, 0.1) is 0 Å². The Labute approximate surface area is 72.5 Å². The summed E-state index contributed by atoms with van der Waals surface area (Å²) < 4.78 is 5.22. The molecule has 2 rings (SSSR count). The number of rotatable bonds is 1. The van der Waals surface area contributed by atoms with Crippen molar-refractivity contribution in [3.63, 3.8) is 0 Å². The third-order valence-electron chi connectivity index (χ3n) is 2.80. The lowest BCUT2D eigenvalue weighted by molar-refractivity contribution is -0.146. The van der Waals surface area contributed by atoms with Crippen LogP contribution in [0.5, 0.6) is 0 Å². The predicted octanol–water partition coefficient (Wildman–Crippen LogP) is 0.833. The topological polar surface area (TPSA) is 38.3 Å². The predicted molar refractivity (Wildman–Crippen MR) is 44.7 cm³/mol. The lowest BCUT2D eigenvalue weighted by atomic mass is 10.1. The minimum Gasteiger partial charge on any atom is -0.461 e. The molecule has 0 saturated carbocycles. The number of carbonyl (C=O) groups excluding carboxylic acids is 1. The average Bonchev–Trinajstić information content (AvgIpc) is 2.26. The Kier molecular flexibility index (Phi) is 2.05. The van der Waals surface area contributed by atoms with Crippen molar-refractivity contribution >= 4 is 5.97 Å². The number of ether oxygens (including phenoxy) is 1. The Bertz CT molecular complexity index is 193. The monoisotopic (exact) mass is 169 g/mol. The maximum Gasteiger partial charge on any atom is 0.302 e. The summed E-state index contributed by atoms with van der Waals surface area (Å²) in [5.41, 5.74) is 0. The van der Waals surface area contributed by atoms with Gasteiger partial charge in [0, 0.05) is 25.4 Å². The van der Waals surface area contributed by atoms with E-state index < -0.39 is 0 Å². The Morgan fingerprint density at radius 2 is 2.33 bits per heavy atom. The van der Waals surface area contributed by atoms with Crippen LogP contribution in [0.15, 0.2) is 0 Å². The summed E-state index contributed by atoms with van der Waals surface area (Å²) in [6.45, 7) is 1.49. The second-order valence-corrected chi connectivity index (χ2v) is 3.78. The highest BCUT2D eigenvalue weighted by Crippen LogP contribution is 2.28. The van der Waals surface area contributed by atoms with Gasteiger partial charge in [-0.2, -0.15) is 0 Å². The first kappa shape index (κ1) is 8.05. The minimum absolute atomic E-state index is 0.144. The van der Waals surface area contributed by atoms with Crippen LogP contribution >= 0.6 is 0 Å². The van der Waals surface area contributed by atoms with E-state index in [1.807, 2.05) is 0 Å². The van der Waals surface area contributed by atoms with E-state index in [-0.39, 0.29) is 12.1 Å². The van der Waals surface area contributed by atoms with E-state index in [9.17, 15) is 4.79 Å².